The lowest BCUT2D eigenvalue weighted by Gasteiger charge is -2.41. The first-order valence-corrected chi connectivity index (χ1v) is 6.68. The molecule has 106 valence electrons. The van der Waals surface area contributed by atoms with Gasteiger partial charge < -0.3 is 14.9 Å². The second-order valence-electron chi connectivity index (χ2n) is 4.98. The Morgan fingerprint density at radius 2 is 2.15 bits per heavy atom. The van der Waals surface area contributed by atoms with Crippen LogP contribution in [-0.2, 0) is 0 Å². The van der Waals surface area contributed by atoms with E-state index < -0.39 is 0 Å². The molecule has 1 aliphatic heterocycles. The molecule has 7 nitrogen and oxygen atoms in total. The Morgan fingerprint density at radius 3 is 2.80 bits per heavy atom. The van der Waals surface area contributed by atoms with E-state index in [1.165, 1.54) is 0 Å². The third-order valence-corrected chi connectivity index (χ3v) is 3.54. The number of hydrogen-bond donors (Lipinski definition) is 2. The van der Waals surface area contributed by atoms with Gasteiger partial charge in [0.05, 0.1) is 18.8 Å². The minimum atomic E-state index is 0.00843. The lowest BCUT2D eigenvalue weighted by Crippen LogP contribution is -2.55. The number of rotatable bonds is 3. The van der Waals surface area contributed by atoms with E-state index in [-0.39, 0.29) is 12.6 Å². The average Bonchev–Trinajstić information content (AvgIpc) is 3.01. The van der Waals surface area contributed by atoms with Gasteiger partial charge in [0, 0.05) is 38.1 Å². The molecular weight excluding hydrogens is 256 g/mol. The normalized spacial score (nSPS) is 19.4. The maximum Gasteiger partial charge on any atom is 0.225 e. The van der Waals surface area contributed by atoms with Crippen LogP contribution in [0.15, 0.2) is 24.7 Å². The Kier molecular flexibility index (Phi) is 3.51. The molecule has 7 heteroatoms. The van der Waals surface area contributed by atoms with Gasteiger partial charge in [-0.15, -0.1) is 0 Å². The zero-order valence-corrected chi connectivity index (χ0v) is 11.4. The summed E-state index contributed by atoms with van der Waals surface area (Å²) in [5.74, 6) is 1.66. The fourth-order valence-electron chi connectivity index (χ4n) is 2.47. The van der Waals surface area contributed by atoms with E-state index in [4.69, 9.17) is 0 Å². The molecule has 2 aromatic rings. The van der Waals surface area contributed by atoms with Gasteiger partial charge in [-0.1, -0.05) is 0 Å². The highest BCUT2D eigenvalue weighted by molar-refractivity contribution is 5.43. The van der Waals surface area contributed by atoms with Gasteiger partial charge in [-0.3, -0.25) is 5.10 Å². The maximum absolute atomic E-state index is 9.63. The van der Waals surface area contributed by atoms with Gasteiger partial charge in [0.1, 0.15) is 5.82 Å². The van der Waals surface area contributed by atoms with Gasteiger partial charge in [0.15, 0.2) is 0 Å². The Bertz CT molecular complexity index is 540. The summed E-state index contributed by atoms with van der Waals surface area (Å²) in [6.45, 7) is 4.36. The molecule has 3 rings (SSSR count). The summed E-state index contributed by atoms with van der Waals surface area (Å²) < 4.78 is 0. The van der Waals surface area contributed by atoms with E-state index in [0.29, 0.717) is 6.54 Å². The van der Waals surface area contributed by atoms with Crippen LogP contribution in [0.25, 0.3) is 0 Å². The standard InChI is InChI=1S/C13H18N6O/c1-10-6-14-13(15-7-10)18-4-5-19(11(8-18)9-20)12-2-3-16-17-12/h2-3,6-7,11,20H,4-5,8-9H2,1H3,(H,16,17)/t11-/m1/s1. The molecule has 2 N–H and O–H groups in total. The van der Waals surface area contributed by atoms with Gasteiger partial charge in [-0.2, -0.15) is 5.10 Å². The van der Waals surface area contributed by atoms with Crippen LogP contribution in [-0.4, -0.2) is 57.6 Å². The number of aliphatic hydroxyl groups is 1. The first-order chi connectivity index (χ1) is 9.78. The molecule has 0 unspecified atom stereocenters. The van der Waals surface area contributed by atoms with Crippen LogP contribution in [0.2, 0.25) is 0 Å². The van der Waals surface area contributed by atoms with Crippen LogP contribution in [0.5, 0.6) is 0 Å². The van der Waals surface area contributed by atoms with Crippen LogP contribution in [0.4, 0.5) is 11.8 Å². The van der Waals surface area contributed by atoms with Crippen LogP contribution in [0.3, 0.4) is 0 Å². The number of aryl methyl sites for hydroxylation is 1. The second kappa shape index (κ2) is 5.46. The zero-order chi connectivity index (χ0) is 13.9. The molecule has 0 bridgehead atoms. The fraction of sp³-hybridized carbons (Fsp3) is 0.462. The van der Waals surface area contributed by atoms with E-state index in [1.54, 1.807) is 6.20 Å². The topological polar surface area (TPSA) is 81.2 Å². The number of hydrogen-bond acceptors (Lipinski definition) is 6. The van der Waals surface area contributed by atoms with Crippen LogP contribution in [0, 0.1) is 6.92 Å². The summed E-state index contributed by atoms with van der Waals surface area (Å²) in [7, 11) is 0. The number of aromatic nitrogens is 4. The summed E-state index contributed by atoms with van der Waals surface area (Å²) in [6, 6.07) is 1.93. The number of anilines is 2. The quantitative estimate of drug-likeness (QED) is 0.832. The molecule has 0 aliphatic carbocycles. The van der Waals surface area contributed by atoms with Crippen LogP contribution < -0.4 is 9.80 Å². The van der Waals surface area contributed by atoms with E-state index in [1.807, 2.05) is 25.4 Å². The molecular formula is C13H18N6O. The molecule has 2 aromatic heterocycles. The highest BCUT2D eigenvalue weighted by Crippen LogP contribution is 2.20. The molecule has 1 fully saturated rings. The molecule has 20 heavy (non-hydrogen) atoms. The molecule has 1 atom stereocenters. The number of aromatic amines is 1. The predicted octanol–water partition coefficient (Wildman–Crippen LogP) is 0.196. The Labute approximate surface area is 117 Å². The van der Waals surface area contributed by atoms with E-state index in [9.17, 15) is 5.11 Å². The van der Waals surface area contributed by atoms with Gasteiger partial charge in [-0.05, 0) is 12.5 Å². The third-order valence-electron chi connectivity index (χ3n) is 3.54. The molecule has 0 spiro atoms. The molecule has 0 aromatic carbocycles. The summed E-state index contributed by atoms with van der Waals surface area (Å²) in [5, 5.41) is 16.5. The van der Waals surface area contributed by atoms with E-state index in [2.05, 4.69) is 30.0 Å². The minimum absolute atomic E-state index is 0.00843. The van der Waals surface area contributed by atoms with Crippen molar-refractivity contribution in [3.05, 3.63) is 30.2 Å². The molecule has 0 amide bonds. The highest BCUT2D eigenvalue weighted by Gasteiger charge is 2.28. The first-order valence-electron chi connectivity index (χ1n) is 6.68. The average molecular weight is 274 g/mol. The molecule has 1 saturated heterocycles. The van der Waals surface area contributed by atoms with Gasteiger partial charge in [0.2, 0.25) is 5.95 Å². The Balaban J connectivity index is 1.75. The summed E-state index contributed by atoms with van der Waals surface area (Å²) in [5.41, 5.74) is 1.04. The maximum atomic E-state index is 9.63. The van der Waals surface area contributed by atoms with Crippen molar-refractivity contribution < 1.29 is 5.11 Å². The number of piperazine rings is 1. The SMILES string of the molecule is Cc1cnc(N2CCN(c3ccn[nH]3)[C@@H](CO)C2)nc1. The van der Waals surface area contributed by atoms with Crippen LogP contribution >= 0.6 is 0 Å². The lowest BCUT2D eigenvalue weighted by atomic mass is 10.2. The fourth-order valence-corrected chi connectivity index (χ4v) is 2.47. The van der Waals surface area contributed by atoms with Crippen molar-refractivity contribution in [2.24, 2.45) is 0 Å². The molecule has 1 aliphatic rings. The summed E-state index contributed by atoms with van der Waals surface area (Å²) in [4.78, 5) is 12.9. The van der Waals surface area contributed by atoms with Crippen molar-refractivity contribution in [2.75, 3.05) is 36.0 Å². The van der Waals surface area contributed by atoms with Crippen molar-refractivity contribution in [2.45, 2.75) is 13.0 Å². The summed E-state index contributed by atoms with van der Waals surface area (Å²) in [6.07, 6.45) is 5.36. The van der Waals surface area contributed by atoms with Gasteiger partial charge >= 0.3 is 0 Å². The van der Waals surface area contributed by atoms with Gasteiger partial charge in [0.25, 0.3) is 0 Å². The van der Waals surface area contributed by atoms with Gasteiger partial charge in [-0.25, -0.2) is 9.97 Å². The summed E-state index contributed by atoms with van der Waals surface area (Å²) >= 11 is 0. The van der Waals surface area contributed by atoms with Crippen molar-refractivity contribution in [1.29, 1.82) is 0 Å². The molecule has 0 saturated carbocycles. The largest absolute Gasteiger partial charge is 0.394 e. The number of nitrogens with one attached hydrogen (secondary N) is 1. The van der Waals surface area contributed by atoms with Crippen molar-refractivity contribution in [3.8, 4) is 0 Å². The highest BCUT2D eigenvalue weighted by atomic mass is 16.3. The second-order valence-corrected chi connectivity index (χ2v) is 4.98. The first kappa shape index (κ1) is 12.9. The Hall–Kier alpha value is -2.15. The van der Waals surface area contributed by atoms with E-state index in [0.717, 1.165) is 30.4 Å². The Morgan fingerprint density at radius 1 is 1.35 bits per heavy atom. The lowest BCUT2D eigenvalue weighted by molar-refractivity contribution is 0.252. The van der Waals surface area contributed by atoms with E-state index >= 15 is 0 Å². The number of H-pyrrole nitrogens is 1. The predicted molar refractivity (Wildman–Crippen MR) is 75.8 cm³/mol. The van der Waals surface area contributed by atoms with Crippen LogP contribution in [0.1, 0.15) is 5.56 Å². The van der Waals surface area contributed by atoms with Crippen molar-refractivity contribution in [3.63, 3.8) is 0 Å². The zero-order valence-electron chi connectivity index (χ0n) is 11.4. The monoisotopic (exact) mass is 274 g/mol. The third kappa shape index (κ3) is 2.44. The van der Waals surface area contributed by atoms with Crippen molar-refractivity contribution >= 4 is 11.8 Å². The number of aliphatic hydroxyl groups excluding tert-OH is 1. The molecule has 0 radical (unpaired) electrons. The number of nitrogens with zero attached hydrogens (tertiary/aromatic N) is 5. The molecule has 3 heterocycles. The minimum Gasteiger partial charge on any atom is -0.394 e. The smallest absolute Gasteiger partial charge is 0.225 e. The van der Waals surface area contributed by atoms with Crippen molar-refractivity contribution in [1.82, 2.24) is 20.2 Å².